The molecule has 0 spiro atoms. The first-order valence-electron chi connectivity index (χ1n) is 10.1. The van der Waals surface area contributed by atoms with E-state index in [1.165, 1.54) is 32.1 Å². The van der Waals surface area contributed by atoms with Gasteiger partial charge in [-0.05, 0) is 68.6 Å². The molecule has 0 aromatic heterocycles. The normalized spacial score (nSPS) is 39.5. The summed E-state index contributed by atoms with van der Waals surface area (Å²) in [5, 5.41) is 0. The third kappa shape index (κ3) is 3.37. The van der Waals surface area contributed by atoms with Gasteiger partial charge in [0, 0.05) is 19.2 Å². The quantitative estimate of drug-likeness (QED) is 0.774. The van der Waals surface area contributed by atoms with E-state index in [2.05, 4.69) is 18.7 Å². The summed E-state index contributed by atoms with van der Waals surface area (Å²) in [6, 6.07) is 0.473. The zero-order valence-electron chi connectivity index (χ0n) is 15.3. The molecule has 136 valence electrons. The van der Waals surface area contributed by atoms with Gasteiger partial charge in [-0.3, -0.25) is 4.79 Å². The molecule has 5 fully saturated rings. The van der Waals surface area contributed by atoms with Gasteiger partial charge in [0.15, 0.2) is 0 Å². The second-order valence-electron chi connectivity index (χ2n) is 9.05. The molecule has 0 N–H and O–H groups in total. The molecule has 4 nitrogen and oxygen atoms in total. The third-order valence-corrected chi connectivity index (χ3v) is 6.72. The molecular formula is C20H33NO3. The second-order valence-corrected chi connectivity index (χ2v) is 9.05. The van der Waals surface area contributed by atoms with Gasteiger partial charge < -0.3 is 14.4 Å². The van der Waals surface area contributed by atoms with Crippen molar-refractivity contribution >= 4 is 5.91 Å². The van der Waals surface area contributed by atoms with Gasteiger partial charge >= 0.3 is 0 Å². The van der Waals surface area contributed by atoms with Crippen LogP contribution in [0, 0.1) is 23.7 Å². The minimum atomic E-state index is -0.301. The van der Waals surface area contributed by atoms with Gasteiger partial charge in [-0.2, -0.15) is 0 Å². The van der Waals surface area contributed by atoms with Gasteiger partial charge in [0.1, 0.15) is 6.10 Å². The van der Waals surface area contributed by atoms with Gasteiger partial charge in [0.05, 0.1) is 12.7 Å². The molecule has 5 aliphatic rings. The van der Waals surface area contributed by atoms with E-state index in [0.29, 0.717) is 12.6 Å². The number of hydrogen-bond acceptors (Lipinski definition) is 3. The van der Waals surface area contributed by atoms with Crippen molar-refractivity contribution in [2.45, 2.75) is 77.0 Å². The van der Waals surface area contributed by atoms with Crippen molar-refractivity contribution in [2.24, 2.45) is 23.7 Å². The van der Waals surface area contributed by atoms with E-state index in [1.807, 2.05) is 0 Å². The molecule has 4 bridgehead atoms. The summed E-state index contributed by atoms with van der Waals surface area (Å²) in [6.07, 6.45) is 8.65. The van der Waals surface area contributed by atoms with E-state index in [0.717, 1.165) is 43.7 Å². The summed E-state index contributed by atoms with van der Waals surface area (Å²) in [5.74, 6) is 2.94. The van der Waals surface area contributed by atoms with Crippen LogP contribution in [0.4, 0.5) is 0 Å². The monoisotopic (exact) mass is 335 g/mol. The number of fused-ring (bicyclic) bond motifs is 1. The zero-order chi connectivity index (χ0) is 16.7. The van der Waals surface area contributed by atoms with Crippen LogP contribution in [-0.4, -0.2) is 48.8 Å². The fourth-order valence-electron chi connectivity index (χ4n) is 5.75. The third-order valence-electron chi connectivity index (χ3n) is 6.72. The highest BCUT2D eigenvalue weighted by molar-refractivity contribution is 5.81. The molecule has 2 saturated carbocycles. The van der Waals surface area contributed by atoms with Crippen molar-refractivity contribution in [3.63, 3.8) is 0 Å². The highest BCUT2D eigenvalue weighted by Gasteiger charge is 2.45. The van der Waals surface area contributed by atoms with Crippen LogP contribution < -0.4 is 0 Å². The first kappa shape index (κ1) is 16.8. The maximum absolute atomic E-state index is 13.3. The molecule has 3 saturated heterocycles. The second kappa shape index (κ2) is 6.95. The summed E-state index contributed by atoms with van der Waals surface area (Å²) in [7, 11) is 0. The van der Waals surface area contributed by atoms with Crippen LogP contribution in [0.3, 0.4) is 0 Å². The molecule has 4 heteroatoms. The lowest BCUT2D eigenvalue weighted by Gasteiger charge is -2.39. The molecule has 3 aliphatic heterocycles. The molecule has 0 aromatic carbocycles. The van der Waals surface area contributed by atoms with E-state index < -0.39 is 0 Å². The molecule has 24 heavy (non-hydrogen) atoms. The molecule has 6 atom stereocenters. The minimum Gasteiger partial charge on any atom is -0.376 e. The van der Waals surface area contributed by atoms with E-state index in [-0.39, 0.29) is 24.0 Å². The Bertz CT molecular complexity index is 446. The van der Waals surface area contributed by atoms with Crippen LogP contribution in [0.1, 0.15) is 58.8 Å². The summed E-state index contributed by atoms with van der Waals surface area (Å²) in [4.78, 5) is 15.5. The predicted octanol–water partition coefficient (Wildman–Crippen LogP) is 3.24. The molecule has 1 amide bonds. The number of amides is 1. The Balaban J connectivity index is 1.43. The summed E-state index contributed by atoms with van der Waals surface area (Å²) >= 11 is 0. The number of nitrogens with zero attached hydrogens (tertiary/aromatic N) is 1. The number of hydrogen-bond donors (Lipinski definition) is 0. The van der Waals surface area contributed by atoms with Gasteiger partial charge in [0.2, 0.25) is 0 Å². The highest BCUT2D eigenvalue weighted by Crippen LogP contribution is 2.47. The topological polar surface area (TPSA) is 38.8 Å². The SMILES string of the molecule is CC(C)[C@@H](OC[C@@H]1CCCO1)C(=O)N1CC2C[C@@H]3CC1C[C@H](C2)C3. The van der Waals surface area contributed by atoms with Gasteiger partial charge in [-0.1, -0.05) is 13.8 Å². The van der Waals surface area contributed by atoms with Gasteiger partial charge in [0.25, 0.3) is 5.91 Å². The van der Waals surface area contributed by atoms with Crippen LogP contribution >= 0.6 is 0 Å². The fourth-order valence-corrected chi connectivity index (χ4v) is 5.75. The average molecular weight is 335 g/mol. The van der Waals surface area contributed by atoms with E-state index in [9.17, 15) is 4.79 Å². The Labute approximate surface area is 146 Å². The van der Waals surface area contributed by atoms with Gasteiger partial charge in [-0.25, -0.2) is 0 Å². The minimum absolute atomic E-state index is 0.190. The maximum atomic E-state index is 13.3. The Morgan fingerprint density at radius 1 is 1.12 bits per heavy atom. The standard InChI is InChI=1S/C20H33NO3/c1-13(2)19(24-12-18-4-3-5-23-18)20(22)21-11-16-7-14-6-15(8-16)10-17(21)9-14/h13-19H,3-12H2,1-2H3/t14-,15+,16?,17?,18-,19+/m0/s1. The number of carbonyl (C=O) groups is 1. The molecule has 5 rings (SSSR count). The largest absolute Gasteiger partial charge is 0.376 e. The van der Waals surface area contributed by atoms with Crippen molar-refractivity contribution in [1.29, 1.82) is 0 Å². The lowest BCUT2D eigenvalue weighted by molar-refractivity contribution is -0.152. The van der Waals surface area contributed by atoms with Crippen molar-refractivity contribution in [3.05, 3.63) is 0 Å². The van der Waals surface area contributed by atoms with E-state index in [1.54, 1.807) is 0 Å². The Morgan fingerprint density at radius 3 is 2.46 bits per heavy atom. The maximum Gasteiger partial charge on any atom is 0.252 e. The van der Waals surface area contributed by atoms with Crippen molar-refractivity contribution in [2.75, 3.05) is 19.8 Å². The van der Waals surface area contributed by atoms with Crippen molar-refractivity contribution in [1.82, 2.24) is 4.90 Å². The van der Waals surface area contributed by atoms with E-state index in [4.69, 9.17) is 9.47 Å². The van der Waals surface area contributed by atoms with Crippen LogP contribution in [0.5, 0.6) is 0 Å². The fraction of sp³-hybridized carbons (Fsp3) is 0.950. The summed E-state index contributed by atoms with van der Waals surface area (Å²) in [5.41, 5.74) is 0. The molecule has 2 aliphatic carbocycles. The molecule has 3 heterocycles. The first-order chi connectivity index (χ1) is 11.6. The summed E-state index contributed by atoms with van der Waals surface area (Å²) in [6.45, 7) is 6.61. The lowest BCUT2D eigenvalue weighted by atomic mass is 9.68. The molecule has 0 radical (unpaired) electrons. The Hall–Kier alpha value is -0.610. The van der Waals surface area contributed by atoms with Crippen molar-refractivity contribution < 1.29 is 14.3 Å². The van der Waals surface area contributed by atoms with Crippen molar-refractivity contribution in [3.8, 4) is 0 Å². The van der Waals surface area contributed by atoms with Crippen LogP contribution in [0.2, 0.25) is 0 Å². The summed E-state index contributed by atoms with van der Waals surface area (Å²) < 4.78 is 11.8. The van der Waals surface area contributed by atoms with Crippen LogP contribution in [0.25, 0.3) is 0 Å². The molecular weight excluding hydrogens is 302 g/mol. The Kier molecular flexibility index (Phi) is 4.88. The average Bonchev–Trinajstić information content (AvgIpc) is 2.97. The zero-order valence-corrected chi connectivity index (χ0v) is 15.3. The number of carbonyl (C=O) groups excluding carboxylic acids is 1. The van der Waals surface area contributed by atoms with Gasteiger partial charge in [-0.15, -0.1) is 0 Å². The molecule has 0 aromatic rings. The van der Waals surface area contributed by atoms with Crippen LogP contribution in [-0.2, 0) is 14.3 Å². The Morgan fingerprint density at radius 2 is 1.83 bits per heavy atom. The first-order valence-corrected chi connectivity index (χ1v) is 10.1. The highest BCUT2D eigenvalue weighted by atomic mass is 16.5. The molecule has 2 unspecified atom stereocenters. The lowest BCUT2D eigenvalue weighted by Crippen LogP contribution is -2.49. The van der Waals surface area contributed by atoms with Crippen LogP contribution in [0.15, 0.2) is 0 Å². The van der Waals surface area contributed by atoms with E-state index >= 15 is 0 Å². The predicted molar refractivity (Wildman–Crippen MR) is 92.6 cm³/mol. The number of ether oxygens (including phenoxy) is 2. The smallest absolute Gasteiger partial charge is 0.252 e. The number of rotatable bonds is 5.